The molecule has 0 saturated carbocycles. The predicted octanol–water partition coefficient (Wildman–Crippen LogP) is 2.23. The third-order valence-corrected chi connectivity index (χ3v) is 3.34. The molecular formula is C12H16N4S. The van der Waals surface area contributed by atoms with Crippen molar-refractivity contribution in [2.24, 2.45) is 10.2 Å². The van der Waals surface area contributed by atoms with Gasteiger partial charge in [-0.25, -0.2) is 0 Å². The maximum Gasteiger partial charge on any atom is 0.185 e. The highest BCUT2D eigenvalue weighted by atomic mass is 32.2. The fraction of sp³-hybridized carbons (Fsp3) is 0.417. The first kappa shape index (κ1) is 12.1. The lowest BCUT2D eigenvalue weighted by molar-refractivity contribution is 0.305. The molecule has 1 saturated heterocycles. The van der Waals surface area contributed by atoms with Crippen molar-refractivity contribution in [1.29, 1.82) is 0 Å². The van der Waals surface area contributed by atoms with Gasteiger partial charge in [-0.3, -0.25) is 4.98 Å². The molecule has 2 rings (SSSR count). The monoisotopic (exact) mass is 248 g/mol. The van der Waals surface area contributed by atoms with Crippen LogP contribution in [-0.4, -0.2) is 40.1 Å². The molecule has 0 amide bonds. The fourth-order valence-corrected chi connectivity index (χ4v) is 2.05. The maximum absolute atomic E-state index is 4.29. The molecule has 2 heterocycles. The summed E-state index contributed by atoms with van der Waals surface area (Å²) in [5.74, 6) is 0. The van der Waals surface area contributed by atoms with Crippen molar-refractivity contribution in [1.82, 2.24) is 9.88 Å². The molecule has 1 aromatic rings. The first-order valence-corrected chi connectivity index (χ1v) is 6.86. The van der Waals surface area contributed by atoms with Crippen molar-refractivity contribution in [3.05, 3.63) is 30.1 Å². The molecule has 1 fully saturated rings. The average molecular weight is 248 g/mol. The highest BCUT2D eigenvalue weighted by Gasteiger charge is 2.17. The van der Waals surface area contributed by atoms with Crippen molar-refractivity contribution < 1.29 is 0 Å². The number of thioether (sulfide) groups is 1. The maximum atomic E-state index is 4.29. The van der Waals surface area contributed by atoms with Gasteiger partial charge in [-0.05, 0) is 31.7 Å². The molecule has 0 aromatic carbocycles. The van der Waals surface area contributed by atoms with E-state index < -0.39 is 0 Å². The number of amidine groups is 1. The van der Waals surface area contributed by atoms with Crippen molar-refractivity contribution in [3.63, 3.8) is 0 Å². The molecule has 90 valence electrons. The van der Waals surface area contributed by atoms with Crippen molar-refractivity contribution in [3.8, 4) is 0 Å². The van der Waals surface area contributed by atoms with Gasteiger partial charge in [0.25, 0.3) is 0 Å². The number of pyridine rings is 1. The largest absolute Gasteiger partial charge is 0.350 e. The Bertz CT molecular complexity index is 423. The summed E-state index contributed by atoms with van der Waals surface area (Å²) >= 11 is 1.64. The van der Waals surface area contributed by atoms with E-state index in [9.17, 15) is 0 Å². The average Bonchev–Trinajstić information content (AvgIpc) is 2.32. The van der Waals surface area contributed by atoms with Crippen LogP contribution in [0.2, 0.25) is 0 Å². The summed E-state index contributed by atoms with van der Waals surface area (Å²) in [6.45, 7) is 4.12. The van der Waals surface area contributed by atoms with Crippen LogP contribution >= 0.6 is 11.8 Å². The molecular weight excluding hydrogens is 232 g/mol. The first-order valence-electron chi connectivity index (χ1n) is 5.64. The van der Waals surface area contributed by atoms with Crippen LogP contribution in [0.25, 0.3) is 0 Å². The van der Waals surface area contributed by atoms with Gasteiger partial charge in [-0.2, -0.15) is 5.10 Å². The predicted molar refractivity (Wildman–Crippen MR) is 73.6 cm³/mol. The molecule has 1 aromatic heterocycles. The minimum absolute atomic E-state index is 0.845. The number of hydrogen-bond donors (Lipinski definition) is 0. The Labute approximate surface area is 106 Å². The third kappa shape index (κ3) is 3.06. The van der Waals surface area contributed by atoms with E-state index in [0.29, 0.717) is 0 Å². The number of hydrogen-bond acceptors (Lipinski definition) is 4. The lowest BCUT2D eigenvalue weighted by Crippen LogP contribution is -2.40. The van der Waals surface area contributed by atoms with E-state index in [2.05, 4.69) is 20.1 Å². The Morgan fingerprint density at radius 3 is 2.71 bits per heavy atom. The Kier molecular flexibility index (Phi) is 4.14. The van der Waals surface area contributed by atoms with E-state index in [0.717, 1.165) is 29.7 Å². The van der Waals surface area contributed by atoms with Gasteiger partial charge in [-0.15, -0.1) is 5.10 Å². The lowest BCUT2D eigenvalue weighted by Gasteiger charge is -2.32. The number of likely N-dealkylation sites (tertiary alicyclic amines) is 1. The van der Waals surface area contributed by atoms with E-state index in [1.165, 1.54) is 6.42 Å². The van der Waals surface area contributed by atoms with E-state index in [4.69, 9.17) is 0 Å². The van der Waals surface area contributed by atoms with Gasteiger partial charge < -0.3 is 4.90 Å². The highest BCUT2D eigenvalue weighted by Crippen LogP contribution is 2.14. The van der Waals surface area contributed by atoms with Gasteiger partial charge in [0.15, 0.2) is 5.17 Å². The van der Waals surface area contributed by atoms with Crippen molar-refractivity contribution in [2.75, 3.05) is 19.3 Å². The Morgan fingerprint density at radius 1 is 1.35 bits per heavy atom. The summed E-state index contributed by atoms with van der Waals surface area (Å²) in [4.78, 5) is 6.48. The van der Waals surface area contributed by atoms with Crippen LogP contribution < -0.4 is 0 Å². The Morgan fingerprint density at radius 2 is 2.18 bits per heavy atom. The van der Waals surface area contributed by atoms with E-state index in [-0.39, 0.29) is 0 Å². The molecule has 0 spiro atoms. The summed E-state index contributed by atoms with van der Waals surface area (Å²) < 4.78 is 0. The Balaban J connectivity index is 2.10. The normalized spacial score (nSPS) is 16.9. The van der Waals surface area contributed by atoms with Gasteiger partial charge in [0.05, 0.1) is 11.4 Å². The van der Waals surface area contributed by atoms with Gasteiger partial charge in [0.1, 0.15) is 0 Å². The zero-order valence-corrected chi connectivity index (χ0v) is 10.9. The van der Waals surface area contributed by atoms with Crippen LogP contribution in [0.5, 0.6) is 0 Å². The van der Waals surface area contributed by atoms with Gasteiger partial charge in [0, 0.05) is 19.3 Å². The lowest BCUT2D eigenvalue weighted by atomic mass is 10.2. The number of rotatable bonds is 2. The molecule has 5 heteroatoms. The van der Waals surface area contributed by atoms with Crippen LogP contribution in [-0.2, 0) is 0 Å². The second-order valence-electron chi connectivity index (χ2n) is 3.83. The number of nitrogens with zero attached hydrogens (tertiary/aromatic N) is 4. The molecule has 1 aliphatic heterocycles. The topological polar surface area (TPSA) is 40.9 Å². The minimum Gasteiger partial charge on any atom is -0.350 e. The molecule has 0 bridgehead atoms. The summed E-state index contributed by atoms with van der Waals surface area (Å²) in [5, 5.41) is 9.53. The van der Waals surface area contributed by atoms with Gasteiger partial charge in [-0.1, -0.05) is 17.8 Å². The molecule has 0 N–H and O–H groups in total. The van der Waals surface area contributed by atoms with E-state index >= 15 is 0 Å². The zero-order valence-electron chi connectivity index (χ0n) is 10.1. The summed E-state index contributed by atoms with van der Waals surface area (Å²) in [6.07, 6.45) is 5.05. The van der Waals surface area contributed by atoms with E-state index in [1.807, 2.05) is 31.4 Å². The van der Waals surface area contributed by atoms with Gasteiger partial charge >= 0.3 is 0 Å². The van der Waals surface area contributed by atoms with Crippen molar-refractivity contribution in [2.45, 2.75) is 13.3 Å². The quantitative estimate of drug-likeness (QED) is 0.458. The zero-order chi connectivity index (χ0) is 12.1. The summed E-state index contributed by atoms with van der Waals surface area (Å²) in [6, 6.07) is 5.79. The molecule has 0 unspecified atom stereocenters. The summed E-state index contributed by atoms with van der Waals surface area (Å²) in [7, 11) is 0. The standard InChI is InChI=1S/C12H16N4S/c1-10(11-6-3-4-7-13-11)14-15-12(17-2)16-8-5-9-16/h3-4,6-7H,5,8-9H2,1-2H3/b14-10+,15-12-. The van der Waals surface area contributed by atoms with Crippen LogP contribution in [0.3, 0.4) is 0 Å². The van der Waals surface area contributed by atoms with Crippen molar-refractivity contribution >= 4 is 22.6 Å². The smallest absolute Gasteiger partial charge is 0.185 e. The first-order chi connectivity index (χ1) is 8.31. The SMILES string of the molecule is CS/C(=N\N=C(/C)c1ccccn1)N1CCC1. The molecule has 4 nitrogen and oxygen atoms in total. The molecule has 0 atom stereocenters. The van der Waals surface area contributed by atoms with Crippen LogP contribution in [0.15, 0.2) is 34.6 Å². The van der Waals surface area contributed by atoms with Gasteiger partial charge in [0.2, 0.25) is 0 Å². The van der Waals surface area contributed by atoms with E-state index in [1.54, 1.807) is 18.0 Å². The molecule has 1 aliphatic rings. The van der Waals surface area contributed by atoms with Crippen LogP contribution in [0.4, 0.5) is 0 Å². The Hall–Kier alpha value is -1.36. The minimum atomic E-state index is 0.845. The fourth-order valence-electron chi connectivity index (χ4n) is 1.49. The third-order valence-electron chi connectivity index (χ3n) is 2.63. The molecule has 17 heavy (non-hydrogen) atoms. The second-order valence-corrected chi connectivity index (χ2v) is 4.60. The van der Waals surface area contributed by atoms with Crippen LogP contribution in [0, 0.1) is 0 Å². The second kappa shape index (κ2) is 5.82. The van der Waals surface area contributed by atoms with Crippen LogP contribution in [0.1, 0.15) is 19.0 Å². The molecule has 0 aliphatic carbocycles. The summed E-state index contributed by atoms with van der Waals surface area (Å²) in [5.41, 5.74) is 1.72. The molecule has 0 radical (unpaired) electrons. The number of aromatic nitrogens is 1. The highest BCUT2D eigenvalue weighted by molar-refractivity contribution is 8.13.